The van der Waals surface area contributed by atoms with Crippen molar-refractivity contribution in [2.24, 2.45) is 29.1 Å². The Morgan fingerprint density at radius 2 is 1.02 bits per heavy atom. The van der Waals surface area contributed by atoms with Crippen LogP contribution in [0.1, 0.15) is 94.9 Å². The van der Waals surface area contributed by atoms with Crippen molar-refractivity contribution in [3.05, 3.63) is 162 Å². The Morgan fingerprint density at radius 3 is 1.72 bits per heavy atom. The zero-order valence-corrected chi connectivity index (χ0v) is 33.9. The summed E-state index contributed by atoms with van der Waals surface area (Å²) in [6.07, 6.45) is 9.55. The molecule has 57 heavy (non-hydrogen) atoms. The van der Waals surface area contributed by atoms with Crippen molar-refractivity contribution in [3.63, 3.8) is 0 Å². The van der Waals surface area contributed by atoms with Gasteiger partial charge >= 0.3 is 0 Å². The van der Waals surface area contributed by atoms with E-state index in [4.69, 9.17) is 4.74 Å². The predicted molar refractivity (Wildman–Crippen MR) is 234 cm³/mol. The van der Waals surface area contributed by atoms with E-state index in [1.165, 1.54) is 95.1 Å². The van der Waals surface area contributed by atoms with E-state index in [0.717, 1.165) is 46.5 Å². The molecule has 284 valence electrons. The SMILES string of the molecule is CC1(C)CCC(C)(C)c2cc(N(c3ccc(-c4ccccc4-c4ccccc4)cc3)c3ccc4c(c3)Oc3ccccc3C43C4CC5CC6CC3C4(C5)C6)ccc21. The van der Waals surface area contributed by atoms with Gasteiger partial charge in [-0.1, -0.05) is 125 Å². The average Bonchev–Trinajstić information content (AvgIpc) is 3.63. The van der Waals surface area contributed by atoms with E-state index in [9.17, 15) is 0 Å². The van der Waals surface area contributed by atoms with Crippen molar-refractivity contribution >= 4 is 17.1 Å². The number of fused-ring (bicyclic) bond motifs is 9. The van der Waals surface area contributed by atoms with E-state index < -0.39 is 0 Å². The molecule has 0 radical (unpaired) electrons. The average molecular weight is 744 g/mol. The highest BCUT2D eigenvalue weighted by Gasteiger charge is 2.79. The first-order valence-corrected chi connectivity index (χ1v) is 21.8. The Hall–Kier alpha value is -5.08. The Morgan fingerprint density at radius 1 is 0.474 bits per heavy atom. The summed E-state index contributed by atoms with van der Waals surface area (Å²) in [6, 6.07) is 52.6. The van der Waals surface area contributed by atoms with Crippen LogP contribution in [0.4, 0.5) is 17.1 Å². The molecule has 12 rings (SSSR count). The van der Waals surface area contributed by atoms with Crippen LogP contribution in [-0.2, 0) is 16.2 Å². The normalized spacial score (nSPS) is 28.8. The molecule has 1 aliphatic heterocycles. The van der Waals surface area contributed by atoms with Gasteiger partial charge in [-0.2, -0.15) is 0 Å². The topological polar surface area (TPSA) is 12.5 Å². The van der Waals surface area contributed by atoms with Crippen LogP contribution >= 0.6 is 0 Å². The predicted octanol–water partition coefficient (Wildman–Crippen LogP) is 14.7. The maximum Gasteiger partial charge on any atom is 0.133 e. The van der Waals surface area contributed by atoms with Gasteiger partial charge in [-0.15, -0.1) is 0 Å². The first-order chi connectivity index (χ1) is 27.7. The molecule has 2 heteroatoms. The summed E-state index contributed by atoms with van der Waals surface area (Å²) in [7, 11) is 0. The Balaban J connectivity index is 1.01. The second kappa shape index (κ2) is 11.8. The molecule has 6 aromatic carbocycles. The molecule has 0 aromatic heterocycles. The standard InChI is InChI=1S/C55H53NO/c1-52(2)26-27-53(3,4)47-31-40(22-24-44(47)52)56(39-20-18-38(19-21-39)43-15-9-8-14-42(43)37-12-6-5-7-13-37)41-23-25-46-49(32-41)57-48-17-11-10-16-45(48)55(46)50-29-35-28-36-30-51(55)54(50,33-35)34-36/h5-25,31-32,35-36,50-51H,26-30,33-34H2,1-4H3. The molecular formula is C55H53NO. The van der Waals surface area contributed by atoms with Gasteiger partial charge < -0.3 is 9.64 Å². The van der Waals surface area contributed by atoms with Crippen LogP contribution in [0.15, 0.2) is 140 Å². The molecule has 4 atom stereocenters. The third kappa shape index (κ3) is 4.65. The molecule has 0 amide bonds. The summed E-state index contributed by atoms with van der Waals surface area (Å²) < 4.78 is 7.06. The molecule has 4 saturated carbocycles. The number of anilines is 3. The van der Waals surface area contributed by atoms with Crippen molar-refractivity contribution in [2.75, 3.05) is 4.90 Å². The molecule has 4 fully saturated rings. The van der Waals surface area contributed by atoms with Crippen molar-refractivity contribution < 1.29 is 4.74 Å². The quantitative estimate of drug-likeness (QED) is 0.174. The summed E-state index contributed by atoms with van der Waals surface area (Å²) >= 11 is 0. The largest absolute Gasteiger partial charge is 0.457 e. The minimum absolute atomic E-state index is 0.0622. The van der Waals surface area contributed by atoms with Gasteiger partial charge in [0.25, 0.3) is 0 Å². The zero-order valence-electron chi connectivity index (χ0n) is 33.9. The summed E-state index contributed by atoms with van der Waals surface area (Å²) in [4.78, 5) is 2.49. The fourth-order valence-electron chi connectivity index (χ4n) is 14.1. The van der Waals surface area contributed by atoms with Crippen LogP contribution < -0.4 is 9.64 Å². The van der Waals surface area contributed by atoms with E-state index in [-0.39, 0.29) is 16.2 Å². The Kier molecular flexibility index (Phi) is 7.01. The number of hydrogen-bond acceptors (Lipinski definition) is 2. The van der Waals surface area contributed by atoms with Crippen LogP contribution in [0.5, 0.6) is 11.5 Å². The molecule has 2 spiro atoms. The van der Waals surface area contributed by atoms with Crippen molar-refractivity contribution in [2.45, 2.75) is 88.9 Å². The maximum atomic E-state index is 7.06. The number of rotatable bonds is 5. The van der Waals surface area contributed by atoms with Gasteiger partial charge in [0.2, 0.25) is 0 Å². The second-order valence-corrected chi connectivity index (χ2v) is 20.1. The monoisotopic (exact) mass is 743 g/mol. The van der Waals surface area contributed by atoms with Crippen LogP contribution in [0.25, 0.3) is 22.3 Å². The number of benzene rings is 6. The second-order valence-electron chi connectivity index (χ2n) is 20.1. The summed E-state index contributed by atoms with van der Waals surface area (Å²) in [5.74, 6) is 5.39. The lowest BCUT2D eigenvalue weighted by molar-refractivity contribution is -0.0882. The molecule has 0 N–H and O–H groups in total. The highest BCUT2D eigenvalue weighted by molar-refractivity contribution is 5.86. The zero-order chi connectivity index (χ0) is 38.3. The molecule has 3 bridgehead atoms. The summed E-state index contributed by atoms with van der Waals surface area (Å²) in [5, 5.41) is 0. The maximum absolute atomic E-state index is 7.06. The number of nitrogens with zero attached hydrogens (tertiary/aromatic N) is 1. The van der Waals surface area contributed by atoms with Gasteiger partial charge in [0.15, 0.2) is 0 Å². The minimum Gasteiger partial charge on any atom is -0.457 e. The minimum atomic E-state index is 0.0622. The lowest BCUT2D eigenvalue weighted by atomic mass is 9.37. The van der Waals surface area contributed by atoms with Crippen LogP contribution in [0.3, 0.4) is 0 Å². The van der Waals surface area contributed by atoms with E-state index in [0.29, 0.717) is 5.41 Å². The molecular weight excluding hydrogens is 691 g/mol. The van der Waals surface area contributed by atoms with E-state index in [1.54, 1.807) is 0 Å². The van der Waals surface area contributed by atoms with Crippen LogP contribution in [0.2, 0.25) is 0 Å². The van der Waals surface area contributed by atoms with Gasteiger partial charge in [0, 0.05) is 39.7 Å². The first kappa shape index (κ1) is 34.0. The Labute approximate surface area is 338 Å². The van der Waals surface area contributed by atoms with Gasteiger partial charge in [-0.3, -0.25) is 0 Å². The van der Waals surface area contributed by atoms with E-state index in [2.05, 4.69) is 172 Å². The fraction of sp³-hybridized carbons (Fsp3) is 0.345. The number of para-hydroxylation sites is 1. The van der Waals surface area contributed by atoms with Crippen LogP contribution in [0, 0.1) is 29.1 Å². The molecule has 6 aliphatic rings. The van der Waals surface area contributed by atoms with Crippen molar-refractivity contribution in [3.8, 4) is 33.8 Å². The van der Waals surface area contributed by atoms with Gasteiger partial charge in [-0.05, 0) is 155 Å². The lowest BCUT2D eigenvalue weighted by Gasteiger charge is -2.66. The summed E-state index contributed by atoms with van der Waals surface area (Å²) in [6.45, 7) is 9.72. The molecule has 2 nitrogen and oxygen atoms in total. The van der Waals surface area contributed by atoms with Gasteiger partial charge in [0.1, 0.15) is 11.5 Å². The number of ether oxygens (including phenoxy) is 1. The van der Waals surface area contributed by atoms with Gasteiger partial charge in [0.05, 0.1) is 0 Å². The van der Waals surface area contributed by atoms with Crippen LogP contribution in [-0.4, -0.2) is 0 Å². The Bertz CT molecular complexity index is 2550. The van der Waals surface area contributed by atoms with E-state index in [1.807, 2.05) is 0 Å². The van der Waals surface area contributed by atoms with Crippen molar-refractivity contribution in [1.82, 2.24) is 0 Å². The van der Waals surface area contributed by atoms with E-state index >= 15 is 0 Å². The smallest absolute Gasteiger partial charge is 0.133 e. The summed E-state index contributed by atoms with van der Waals surface area (Å²) in [5.41, 5.74) is 15.2. The molecule has 6 aromatic rings. The molecule has 5 aliphatic carbocycles. The third-order valence-corrected chi connectivity index (χ3v) is 16.4. The third-order valence-electron chi connectivity index (χ3n) is 16.4. The number of hydrogen-bond donors (Lipinski definition) is 0. The highest BCUT2D eigenvalue weighted by Crippen LogP contribution is 2.84. The molecule has 4 unspecified atom stereocenters. The molecule has 0 saturated heterocycles. The first-order valence-electron chi connectivity index (χ1n) is 21.8. The fourth-order valence-corrected chi connectivity index (χ4v) is 14.1. The highest BCUT2D eigenvalue weighted by atomic mass is 16.5. The lowest BCUT2D eigenvalue weighted by Crippen LogP contribution is -2.64. The van der Waals surface area contributed by atoms with Crippen molar-refractivity contribution in [1.29, 1.82) is 0 Å². The molecule has 1 heterocycles. The van der Waals surface area contributed by atoms with Gasteiger partial charge in [-0.25, -0.2) is 0 Å².